The number of rotatable bonds is 10. The van der Waals surface area contributed by atoms with Crippen LogP contribution in [0.1, 0.15) is 49.8 Å². The van der Waals surface area contributed by atoms with Crippen LogP contribution in [-0.2, 0) is 14.8 Å². The van der Waals surface area contributed by atoms with Gasteiger partial charge in [-0.05, 0) is 61.1 Å². The SMILES string of the molecule is CC[C@H](C(=O)NCCOc1ccccc1C(C)C)N(c1cc(C)cc(C)c1)S(C)(=O)=O. The topological polar surface area (TPSA) is 75.7 Å². The van der Waals surface area contributed by atoms with E-state index in [4.69, 9.17) is 4.74 Å². The fourth-order valence-electron chi connectivity index (χ4n) is 3.68. The van der Waals surface area contributed by atoms with E-state index >= 15 is 0 Å². The first-order valence-electron chi connectivity index (χ1n) is 10.6. The number of anilines is 1. The summed E-state index contributed by atoms with van der Waals surface area (Å²) in [6.45, 7) is 10.4. The Bertz CT molecular complexity index is 982. The lowest BCUT2D eigenvalue weighted by molar-refractivity contribution is -0.122. The van der Waals surface area contributed by atoms with Crippen molar-refractivity contribution < 1.29 is 17.9 Å². The molecule has 1 N–H and O–H groups in total. The molecule has 0 bridgehead atoms. The van der Waals surface area contributed by atoms with Crippen LogP contribution in [0.4, 0.5) is 5.69 Å². The first-order chi connectivity index (χ1) is 14.5. The minimum absolute atomic E-state index is 0.284. The molecule has 1 atom stereocenters. The van der Waals surface area contributed by atoms with Gasteiger partial charge in [0.05, 0.1) is 18.5 Å². The van der Waals surface area contributed by atoms with Crippen LogP contribution in [0, 0.1) is 13.8 Å². The maximum Gasteiger partial charge on any atom is 0.244 e. The summed E-state index contributed by atoms with van der Waals surface area (Å²) in [7, 11) is -3.66. The maximum atomic E-state index is 12.9. The van der Waals surface area contributed by atoms with Gasteiger partial charge in [-0.3, -0.25) is 9.10 Å². The van der Waals surface area contributed by atoms with Crippen molar-refractivity contribution in [1.82, 2.24) is 5.32 Å². The van der Waals surface area contributed by atoms with E-state index in [-0.39, 0.29) is 12.5 Å². The second kappa shape index (κ2) is 10.7. The van der Waals surface area contributed by atoms with Crippen LogP contribution in [-0.4, -0.2) is 39.8 Å². The van der Waals surface area contributed by atoms with Crippen molar-refractivity contribution in [2.24, 2.45) is 0 Å². The molecule has 0 unspecified atom stereocenters. The van der Waals surface area contributed by atoms with Gasteiger partial charge >= 0.3 is 0 Å². The molecule has 0 saturated carbocycles. The molecular formula is C24H34N2O4S. The van der Waals surface area contributed by atoms with E-state index in [0.29, 0.717) is 24.6 Å². The molecule has 6 nitrogen and oxygen atoms in total. The lowest BCUT2D eigenvalue weighted by Crippen LogP contribution is -2.50. The molecule has 170 valence electrons. The van der Waals surface area contributed by atoms with Gasteiger partial charge in [0.1, 0.15) is 18.4 Å². The largest absolute Gasteiger partial charge is 0.491 e. The number of nitrogens with zero attached hydrogens (tertiary/aromatic N) is 1. The highest BCUT2D eigenvalue weighted by Gasteiger charge is 2.31. The van der Waals surface area contributed by atoms with Gasteiger partial charge in [-0.1, -0.05) is 45.0 Å². The van der Waals surface area contributed by atoms with Crippen molar-refractivity contribution >= 4 is 21.6 Å². The molecule has 0 saturated heterocycles. The Hall–Kier alpha value is -2.54. The highest BCUT2D eigenvalue weighted by atomic mass is 32.2. The number of carbonyl (C=O) groups is 1. The summed E-state index contributed by atoms with van der Waals surface area (Å²) in [6.07, 6.45) is 1.48. The fourth-order valence-corrected chi connectivity index (χ4v) is 4.88. The lowest BCUT2D eigenvalue weighted by Gasteiger charge is -2.30. The Morgan fingerprint density at radius 2 is 1.71 bits per heavy atom. The minimum Gasteiger partial charge on any atom is -0.491 e. The van der Waals surface area contributed by atoms with Crippen LogP contribution in [0.15, 0.2) is 42.5 Å². The first-order valence-corrected chi connectivity index (χ1v) is 12.5. The lowest BCUT2D eigenvalue weighted by atomic mass is 10.0. The maximum absolute atomic E-state index is 12.9. The number of carbonyl (C=O) groups excluding carboxylic acids is 1. The Morgan fingerprint density at radius 3 is 2.26 bits per heavy atom. The quantitative estimate of drug-likeness (QED) is 0.556. The molecule has 0 aliphatic rings. The summed E-state index contributed by atoms with van der Waals surface area (Å²) in [4.78, 5) is 12.9. The molecule has 1 amide bonds. The van der Waals surface area contributed by atoms with Crippen LogP contribution in [0.25, 0.3) is 0 Å². The first kappa shape index (κ1) is 24.7. The molecule has 0 fully saturated rings. The number of hydrogen-bond acceptors (Lipinski definition) is 4. The number of amides is 1. The summed E-state index contributed by atoms with van der Waals surface area (Å²) in [6, 6.07) is 12.5. The zero-order valence-electron chi connectivity index (χ0n) is 19.3. The second-order valence-corrected chi connectivity index (χ2v) is 10.0. The van der Waals surface area contributed by atoms with E-state index in [1.165, 1.54) is 4.31 Å². The number of benzene rings is 2. The zero-order valence-corrected chi connectivity index (χ0v) is 20.1. The van der Waals surface area contributed by atoms with Crippen molar-refractivity contribution in [2.45, 2.75) is 53.0 Å². The van der Waals surface area contributed by atoms with Crippen LogP contribution in [0.5, 0.6) is 5.75 Å². The smallest absolute Gasteiger partial charge is 0.244 e. The number of nitrogens with one attached hydrogen (secondary N) is 1. The van der Waals surface area contributed by atoms with Gasteiger partial charge in [0.15, 0.2) is 0 Å². The molecule has 7 heteroatoms. The minimum atomic E-state index is -3.66. The van der Waals surface area contributed by atoms with Crippen molar-refractivity contribution in [3.63, 3.8) is 0 Å². The predicted octanol–water partition coefficient (Wildman–Crippen LogP) is 4.17. The van der Waals surface area contributed by atoms with Crippen LogP contribution < -0.4 is 14.4 Å². The zero-order chi connectivity index (χ0) is 23.2. The van der Waals surface area contributed by atoms with E-state index in [1.807, 2.05) is 44.2 Å². The monoisotopic (exact) mass is 446 g/mol. The number of aryl methyl sites for hydroxylation is 2. The summed E-state index contributed by atoms with van der Waals surface area (Å²) >= 11 is 0. The van der Waals surface area contributed by atoms with E-state index in [2.05, 4.69) is 19.2 Å². The predicted molar refractivity (Wildman–Crippen MR) is 126 cm³/mol. The molecule has 0 aliphatic heterocycles. The van der Waals surface area contributed by atoms with Gasteiger partial charge in [-0.25, -0.2) is 8.42 Å². The summed E-state index contributed by atoms with van der Waals surface area (Å²) in [5.41, 5.74) is 3.50. The van der Waals surface area contributed by atoms with Crippen LogP contribution >= 0.6 is 0 Å². The Balaban J connectivity index is 2.10. The van der Waals surface area contributed by atoms with E-state index in [1.54, 1.807) is 19.1 Å². The van der Waals surface area contributed by atoms with Crippen molar-refractivity contribution in [3.05, 3.63) is 59.2 Å². The highest BCUT2D eigenvalue weighted by Crippen LogP contribution is 2.26. The van der Waals surface area contributed by atoms with E-state index < -0.39 is 16.1 Å². The van der Waals surface area contributed by atoms with Gasteiger partial charge in [-0.2, -0.15) is 0 Å². The molecular weight excluding hydrogens is 412 g/mol. The van der Waals surface area contributed by atoms with Crippen LogP contribution in [0.2, 0.25) is 0 Å². The van der Waals surface area contributed by atoms with Gasteiger partial charge in [0, 0.05) is 0 Å². The van der Waals surface area contributed by atoms with Gasteiger partial charge < -0.3 is 10.1 Å². The number of hydrogen-bond donors (Lipinski definition) is 1. The molecule has 2 aromatic carbocycles. The Labute approximate surface area is 186 Å². The number of ether oxygens (including phenoxy) is 1. The van der Waals surface area contributed by atoms with Gasteiger partial charge in [0.25, 0.3) is 0 Å². The third-order valence-electron chi connectivity index (χ3n) is 4.99. The molecule has 0 aliphatic carbocycles. The second-order valence-electron chi connectivity index (χ2n) is 8.16. The molecule has 0 aromatic heterocycles. The average Bonchev–Trinajstić information content (AvgIpc) is 2.67. The van der Waals surface area contributed by atoms with Gasteiger partial charge in [-0.15, -0.1) is 0 Å². The molecule has 0 radical (unpaired) electrons. The number of sulfonamides is 1. The summed E-state index contributed by atoms with van der Waals surface area (Å²) < 4.78 is 32.3. The average molecular weight is 447 g/mol. The van der Waals surface area contributed by atoms with Crippen molar-refractivity contribution in [3.8, 4) is 5.75 Å². The van der Waals surface area contributed by atoms with E-state index in [0.717, 1.165) is 28.7 Å². The molecule has 0 spiro atoms. The van der Waals surface area contributed by atoms with Crippen molar-refractivity contribution in [2.75, 3.05) is 23.7 Å². The Kier molecular flexibility index (Phi) is 8.51. The van der Waals surface area contributed by atoms with E-state index in [9.17, 15) is 13.2 Å². The third kappa shape index (κ3) is 6.72. The molecule has 2 rings (SSSR count). The van der Waals surface area contributed by atoms with Gasteiger partial charge in [0.2, 0.25) is 15.9 Å². The standard InChI is InChI=1S/C24H34N2O4S/c1-7-22(26(31(6,28)29)20-15-18(4)14-19(5)16-20)24(27)25-12-13-30-23-11-9-8-10-21(23)17(2)3/h8-11,14-17,22H,7,12-13H2,1-6H3,(H,25,27)/t22-/m1/s1. The molecule has 2 aromatic rings. The highest BCUT2D eigenvalue weighted by molar-refractivity contribution is 7.92. The molecule has 0 heterocycles. The fraction of sp³-hybridized carbons (Fsp3) is 0.458. The molecule has 31 heavy (non-hydrogen) atoms. The Morgan fingerprint density at radius 1 is 1.10 bits per heavy atom. The van der Waals surface area contributed by atoms with Crippen LogP contribution in [0.3, 0.4) is 0 Å². The summed E-state index contributed by atoms with van der Waals surface area (Å²) in [5.74, 6) is 0.788. The normalized spacial score (nSPS) is 12.5. The number of para-hydroxylation sites is 1. The van der Waals surface area contributed by atoms with Crippen molar-refractivity contribution in [1.29, 1.82) is 0 Å². The third-order valence-corrected chi connectivity index (χ3v) is 6.17. The summed E-state index contributed by atoms with van der Waals surface area (Å²) in [5, 5.41) is 2.83.